The number of rotatable bonds is 7. The second-order valence-electron chi connectivity index (χ2n) is 6.30. The third-order valence-corrected chi connectivity index (χ3v) is 3.48. The van der Waals surface area contributed by atoms with Crippen molar-refractivity contribution in [3.63, 3.8) is 0 Å². The number of nitrogens with zero attached hydrogens (tertiary/aromatic N) is 1. The normalized spacial score (nSPS) is 11.0. The van der Waals surface area contributed by atoms with E-state index in [1.54, 1.807) is 27.9 Å². The number of halogens is 1. The lowest BCUT2D eigenvalue weighted by molar-refractivity contribution is -0.122. The van der Waals surface area contributed by atoms with Crippen LogP contribution in [0.1, 0.15) is 26.3 Å². The van der Waals surface area contributed by atoms with Crippen molar-refractivity contribution < 1.29 is 19.1 Å². The van der Waals surface area contributed by atoms with E-state index in [0.29, 0.717) is 13.2 Å². The molecule has 0 atom stereocenters. The summed E-state index contributed by atoms with van der Waals surface area (Å²) in [6.45, 7) is 6.30. The SMILES string of the molecule is COCCN(CC(=O)NCc1ccc(Br)cc1)C(=O)OC(C)(C)C. The van der Waals surface area contributed by atoms with Crippen LogP contribution in [0.3, 0.4) is 0 Å². The molecule has 0 saturated heterocycles. The molecule has 0 aliphatic heterocycles. The van der Waals surface area contributed by atoms with Crippen LogP contribution in [0, 0.1) is 0 Å². The largest absolute Gasteiger partial charge is 0.444 e. The molecule has 24 heavy (non-hydrogen) atoms. The van der Waals surface area contributed by atoms with Crippen LogP contribution >= 0.6 is 15.9 Å². The maximum atomic E-state index is 12.2. The Bertz CT molecular complexity index is 541. The summed E-state index contributed by atoms with van der Waals surface area (Å²) in [5.41, 5.74) is 0.364. The zero-order valence-corrected chi connectivity index (χ0v) is 16.2. The lowest BCUT2D eigenvalue weighted by Gasteiger charge is -2.26. The van der Waals surface area contributed by atoms with E-state index in [9.17, 15) is 9.59 Å². The number of hydrogen-bond acceptors (Lipinski definition) is 4. The van der Waals surface area contributed by atoms with E-state index < -0.39 is 11.7 Å². The van der Waals surface area contributed by atoms with Crippen molar-refractivity contribution in [1.29, 1.82) is 0 Å². The molecular weight excluding hydrogens is 376 g/mol. The van der Waals surface area contributed by atoms with E-state index in [0.717, 1.165) is 10.0 Å². The summed E-state index contributed by atoms with van der Waals surface area (Å²) in [7, 11) is 1.54. The Hall–Kier alpha value is -1.60. The Balaban J connectivity index is 2.56. The molecule has 0 aliphatic rings. The van der Waals surface area contributed by atoms with Gasteiger partial charge < -0.3 is 14.8 Å². The van der Waals surface area contributed by atoms with Crippen LogP contribution in [-0.4, -0.2) is 49.3 Å². The van der Waals surface area contributed by atoms with Crippen molar-refractivity contribution in [3.05, 3.63) is 34.3 Å². The molecule has 0 spiro atoms. The van der Waals surface area contributed by atoms with E-state index in [1.807, 2.05) is 24.3 Å². The van der Waals surface area contributed by atoms with Gasteiger partial charge in [-0.1, -0.05) is 28.1 Å². The third kappa shape index (κ3) is 8.31. The summed E-state index contributed by atoms with van der Waals surface area (Å²) in [6, 6.07) is 7.65. The first-order chi connectivity index (χ1) is 11.2. The molecule has 0 radical (unpaired) electrons. The first-order valence-corrected chi connectivity index (χ1v) is 8.48. The number of carbonyl (C=O) groups excluding carboxylic acids is 2. The summed E-state index contributed by atoms with van der Waals surface area (Å²) in [5, 5.41) is 2.80. The average molecular weight is 401 g/mol. The second kappa shape index (κ2) is 9.64. The van der Waals surface area contributed by atoms with Gasteiger partial charge in [0.05, 0.1) is 6.61 Å². The van der Waals surface area contributed by atoms with E-state index in [-0.39, 0.29) is 19.0 Å². The fourth-order valence-electron chi connectivity index (χ4n) is 1.80. The molecule has 0 saturated carbocycles. The highest BCUT2D eigenvalue weighted by Crippen LogP contribution is 2.11. The molecule has 6 nitrogen and oxygen atoms in total. The minimum absolute atomic E-state index is 0.0746. The van der Waals surface area contributed by atoms with Gasteiger partial charge in [-0.05, 0) is 38.5 Å². The van der Waals surface area contributed by atoms with Gasteiger partial charge in [-0.3, -0.25) is 9.69 Å². The third-order valence-electron chi connectivity index (χ3n) is 2.95. The molecule has 0 bridgehead atoms. The highest BCUT2D eigenvalue weighted by atomic mass is 79.9. The fourth-order valence-corrected chi connectivity index (χ4v) is 2.06. The van der Waals surface area contributed by atoms with Gasteiger partial charge >= 0.3 is 6.09 Å². The number of carbonyl (C=O) groups is 2. The van der Waals surface area contributed by atoms with Crippen molar-refractivity contribution in [2.45, 2.75) is 32.9 Å². The summed E-state index contributed by atoms with van der Waals surface area (Å²) < 4.78 is 11.3. The van der Waals surface area contributed by atoms with Gasteiger partial charge in [0.25, 0.3) is 0 Å². The lowest BCUT2D eigenvalue weighted by Crippen LogP contribution is -2.44. The van der Waals surface area contributed by atoms with Crippen molar-refractivity contribution in [3.8, 4) is 0 Å². The predicted octanol–water partition coefficient (Wildman–Crippen LogP) is 2.95. The maximum Gasteiger partial charge on any atom is 0.410 e. The van der Waals surface area contributed by atoms with Gasteiger partial charge in [0, 0.05) is 24.7 Å². The van der Waals surface area contributed by atoms with E-state index >= 15 is 0 Å². The Morgan fingerprint density at radius 3 is 2.38 bits per heavy atom. The van der Waals surface area contributed by atoms with Crippen LogP contribution in [0.25, 0.3) is 0 Å². The summed E-state index contributed by atoms with van der Waals surface area (Å²) in [4.78, 5) is 25.6. The molecule has 1 rings (SSSR count). The van der Waals surface area contributed by atoms with Crippen molar-refractivity contribution in [1.82, 2.24) is 10.2 Å². The molecule has 0 aromatic heterocycles. The zero-order chi connectivity index (χ0) is 18.2. The number of benzene rings is 1. The molecule has 1 aromatic carbocycles. The number of amides is 2. The first-order valence-electron chi connectivity index (χ1n) is 7.69. The Morgan fingerprint density at radius 2 is 1.83 bits per heavy atom. The predicted molar refractivity (Wildman–Crippen MR) is 95.7 cm³/mol. The van der Waals surface area contributed by atoms with Gasteiger partial charge in [-0.15, -0.1) is 0 Å². The van der Waals surface area contributed by atoms with Crippen LogP contribution in [-0.2, 0) is 20.8 Å². The number of methoxy groups -OCH3 is 1. The monoisotopic (exact) mass is 400 g/mol. The van der Waals surface area contributed by atoms with Gasteiger partial charge in [-0.2, -0.15) is 0 Å². The van der Waals surface area contributed by atoms with E-state index in [4.69, 9.17) is 9.47 Å². The topological polar surface area (TPSA) is 67.9 Å². The standard InChI is InChI=1S/C17H25BrN2O4/c1-17(2,3)24-16(22)20(9-10-23-4)12-15(21)19-11-13-5-7-14(18)8-6-13/h5-8H,9-12H2,1-4H3,(H,19,21). The highest BCUT2D eigenvalue weighted by molar-refractivity contribution is 9.10. The minimum Gasteiger partial charge on any atom is -0.444 e. The van der Waals surface area contributed by atoms with Gasteiger partial charge in [-0.25, -0.2) is 4.79 Å². The summed E-state index contributed by atoms with van der Waals surface area (Å²) in [6.07, 6.45) is -0.529. The van der Waals surface area contributed by atoms with Crippen LogP contribution in [0.5, 0.6) is 0 Å². The quantitative estimate of drug-likeness (QED) is 0.763. The Labute approximate surface area is 151 Å². The Morgan fingerprint density at radius 1 is 1.21 bits per heavy atom. The number of ether oxygens (including phenoxy) is 2. The smallest absolute Gasteiger partial charge is 0.410 e. The molecule has 1 aromatic rings. The first kappa shape index (κ1) is 20.4. The molecule has 134 valence electrons. The van der Waals surface area contributed by atoms with Gasteiger partial charge in [0.1, 0.15) is 12.1 Å². The Kier molecular flexibility index (Phi) is 8.21. The molecule has 1 N–H and O–H groups in total. The zero-order valence-electron chi connectivity index (χ0n) is 14.6. The van der Waals surface area contributed by atoms with Crippen LogP contribution in [0.15, 0.2) is 28.7 Å². The summed E-state index contributed by atoms with van der Waals surface area (Å²) in [5.74, 6) is -0.250. The van der Waals surface area contributed by atoms with Crippen molar-refractivity contribution in [2.24, 2.45) is 0 Å². The second-order valence-corrected chi connectivity index (χ2v) is 7.21. The van der Waals surface area contributed by atoms with E-state index in [1.165, 1.54) is 4.90 Å². The maximum absolute atomic E-state index is 12.2. The summed E-state index contributed by atoms with van der Waals surface area (Å²) >= 11 is 3.36. The molecule has 7 heteroatoms. The molecule has 0 aliphatic carbocycles. The molecule has 0 unspecified atom stereocenters. The van der Waals surface area contributed by atoms with Crippen molar-refractivity contribution in [2.75, 3.05) is 26.8 Å². The van der Waals surface area contributed by atoms with Gasteiger partial charge in [0.15, 0.2) is 0 Å². The minimum atomic E-state index is -0.615. The molecule has 0 fully saturated rings. The van der Waals surface area contributed by atoms with Crippen molar-refractivity contribution >= 4 is 27.9 Å². The average Bonchev–Trinajstić information content (AvgIpc) is 2.49. The molecule has 0 heterocycles. The molecular formula is C17H25BrN2O4. The fraction of sp³-hybridized carbons (Fsp3) is 0.529. The number of hydrogen-bond donors (Lipinski definition) is 1. The number of nitrogens with one attached hydrogen (secondary N) is 1. The van der Waals surface area contributed by atoms with E-state index in [2.05, 4.69) is 21.2 Å². The van der Waals surface area contributed by atoms with Crippen LogP contribution in [0.2, 0.25) is 0 Å². The van der Waals surface area contributed by atoms with Gasteiger partial charge in [0.2, 0.25) is 5.91 Å². The lowest BCUT2D eigenvalue weighted by atomic mass is 10.2. The van der Waals surface area contributed by atoms with Crippen LogP contribution in [0.4, 0.5) is 4.79 Å². The highest BCUT2D eigenvalue weighted by Gasteiger charge is 2.23. The van der Waals surface area contributed by atoms with Crippen LogP contribution < -0.4 is 5.32 Å². The molecule has 2 amide bonds.